The van der Waals surface area contributed by atoms with E-state index in [9.17, 15) is 10.2 Å². The van der Waals surface area contributed by atoms with Gasteiger partial charge in [0.25, 0.3) is 0 Å². The van der Waals surface area contributed by atoms with Gasteiger partial charge in [-0.15, -0.1) is 0 Å². The van der Waals surface area contributed by atoms with E-state index in [1.807, 2.05) is 0 Å². The lowest BCUT2D eigenvalue weighted by atomic mass is 10.1. The molecule has 0 radical (unpaired) electrons. The molecule has 25 heavy (non-hydrogen) atoms. The van der Waals surface area contributed by atoms with Gasteiger partial charge in [-0.2, -0.15) is 0 Å². The maximum Gasteiger partial charge on any atom is 0.114 e. The summed E-state index contributed by atoms with van der Waals surface area (Å²) in [5.74, 6) is 0. The molecule has 148 valence electrons. The number of hydrogen-bond acceptors (Lipinski definition) is 5. The largest absolute Gasteiger partial charge is 0.394 e. The van der Waals surface area contributed by atoms with Gasteiger partial charge in [0.2, 0.25) is 0 Å². The van der Waals surface area contributed by atoms with Gasteiger partial charge in [-0.25, -0.2) is 0 Å². The number of rotatable bonds is 15. The fourth-order valence-electron chi connectivity index (χ4n) is 3.08. The van der Waals surface area contributed by atoms with E-state index >= 15 is 0 Å². The minimum absolute atomic E-state index is 0.268. The Kier molecular flexibility index (Phi) is 13.3. The van der Waals surface area contributed by atoms with Gasteiger partial charge in [0.05, 0.1) is 13.2 Å². The van der Waals surface area contributed by atoms with E-state index in [2.05, 4.69) is 19.1 Å². The van der Waals surface area contributed by atoms with Crippen LogP contribution in [0.5, 0.6) is 0 Å². The first-order chi connectivity index (χ1) is 12.2. The van der Waals surface area contributed by atoms with Gasteiger partial charge in [0.15, 0.2) is 0 Å². The highest BCUT2D eigenvalue weighted by Gasteiger charge is 2.40. The molecule has 0 bridgehead atoms. The molecule has 5 heteroatoms. The predicted molar refractivity (Wildman–Crippen MR) is 99.6 cm³/mol. The molecule has 1 saturated heterocycles. The third-order valence-corrected chi connectivity index (χ3v) is 4.72. The molecule has 1 heterocycles. The number of unbranched alkanes of at least 4 members (excludes halogenated alkanes) is 8. The first-order valence-electron chi connectivity index (χ1n) is 10.1. The Morgan fingerprint density at radius 2 is 1.68 bits per heavy atom. The molecule has 0 amide bonds. The van der Waals surface area contributed by atoms with E-state index in [0.29, 0.717) is 6.61 Å². The third-order valence-electron chi connectivity index (χ3n) is 4.72. The summed E-state index contributed by atoms with van der Waals surface area (Å²) in [4.78, 5) is 0. The van der Waals surface area contributed by atoms with Gasteiger partial charge >= 0.3 is 0 Å². The van der Waals surface area contributed by atoms with Crippen molar-refractivity contribution in [1.29, 1.82) is 0 Å². The smallest absolute Gasteiger partial charge is 0.114 e. The molecule has 3 N–H and O–H groups in total. The number of aliphatic hydroxyl groups is 3. The summed E-state index contributed by atoms with van der Waals surface area (Å²) in [5.41, 5.74) is 0. The second-order valence-electron chi connectivity index (χ2n) is 6.97. The second-order valence-corrected chi connectivity index (χ2v) is 6.97. The number of hydrogen-bond donors (Lipinski definition) is 3. The highest BCUT2D eigenvalue weighted by Crippen LogP contribution is 2.20. The summed E-state index contributed by atoms with van der Waals surface area (Å²) >= 11 is 0. The minimum atomic E-state index is -1.05. The molecule has 1 rings (SSSR count). The fourth-order valence-corrected chi connectivity index (χ4v) is 3.08. The predicted octanol–water partition coefficient (Wildman–Crippen LogP) is 2.96. The van der Waals surface area contributed by atoms with Crippen molar-refractivity contribution < 1.29 is 24.8 Å². The molecule has 0 spiro atoms. The molecule has 0 aromatic carbocycles. The normalized spacial score (nSPS) is 25.0. The zero-order valence-electron chi connectivity index (χ0n) is 15.8. The van der Waals surface area contributed by atoms with Crippen molar-refractivity contribution in [2.45, 2.75) is 95.5 Å². The second kappa shape index (κ2) is 14.7. The maximum atomic E-state index is 10.0. The summed E-state index contributed by atoms with van der Waals surface area (Å²) in [5, 5.41) is 28.5. The van der Waals surface area contributed by atoms with Gasteiger partial charge in [0, 0.05) is 6.61 Å². The molecule has 0 saturated carbocycles. The molecule has 4 atom stereocenters. The molecular formula is C20H38O5. The quantitative estimate of drug-likeness (QED) is 0.310. The summed E-state index contributed by atoms with van der Waals surface area (Å²) in [6.07, 6.45) is 13.7. The maximum absolute atomic E-state index is 10.0. The lowest BCUT2D eigenvalue weighted by Crippen LogP contribution is -2.41. The molecule has 0 aromatic rings. The van der Waals surface area contributed by atoms with Crippen LogP contribution in [0.2, 0.25) is 0 Å². The van der Waals surface area contributed by atoms with Crippen LogP contribution >= 0.6 is 0 Å². The van der Waals surface area contributed by atoms with Crippen LogP contribution in [0.3, 0.4) is 0 Å². The molecule has 1 fully saturated rings. The first kappa shape index (κ1) is 22.6. The van der Waals surface area contributed by atoms with Crippen molar-refractivity contribution in [2.24, 2.45) is 0 Å². The van der Waals surface area contributed by atoms with Crippen LogP contribution in [0.15, 0.2) is 12.2 Å². The average Bonchev–Trinajstić information content (AvgIpc) is 2.99. The summed E-state index contributed by atoms with van der Waals surface area (Å²) in [7, 11) is 0. The fraction of sp³-hybridized carbons (Fsp3) is 0.900. The SMILES string of the molecule is CCCCCCC/C=C/CCCCCO[C@@H]1CO[C@@H]([C@@H](O)CO)[C@H]1O. The lowest BCUT2D eigenvalue weighted by Gasteiger charge is -2.20. The van der Waals surface area contributed by atoms with Crippen LogP contribution in [0.25, 0.3) is 0 Å². The number of aliphatic hydroxyl groups excluding tert-OH is 3. The average molecular weight is 359 g/mol. The van der Waals surface area contributed by atoms with E-state index in [-0.39, 0.29) is 6.61 Å². The Hall–Kier alpha value is -0.460. The molecule has 0 aliphatic carbocycles. The number of ether oxygens (including phenoxy) is 2. The highest BCUT2D eigenvalue weighted by atomic mass is 16.6. The van der Waals surface area contributed by atoms with Crippen LogP contribution in [-0.4, -0.2) is 59.6 Å². The van der Waals surface area contributed by atoms with E-state index in [4.69, 9.17) is 14.6 Å². The lowest BCUT2D eigenvalue weighted by molar-refractivity contribution is -0.0730. The van der Waals surface area contributed by atoms with Crippen LogP contribution in [0.1, 0.15) is 71.1 Å². The molecule has 1 aliphatic heterocycles. The van der Waals surface area contributed by atoms with Gasteiger partial charge in [-0.1, -0.05) is 51.2 Å². The Morgan fingerprint density at radius 3 is 2.32 bits per heavy atom. The molecule has 0 unspecified atom stereocenters. The summed E-state index contributed by atoms with van der Waals surface area (Å²) < 4.78 is 10.9. The van der Waals surface area contributed by atoms with Gasteiger partial charge in [0.1, 0.15) is 24.4 Å². The Labute approximate surface area is 153 Å². The van der Waals surface area contributed by atoms with E-state index < -0.39 is 31.0 Å². The highest BCUT2D eigenvalue weighted by molar-refractivity contribution is 4.88. The van der Waals surface area contributed by atoms with Gasteiger partial charge in [-0.05, 0) is 32.1 Å². The molecule has 1 aliphatic rings. The van der Waals surface area contributed by atoms with Crippen molar-refractivity contribution >= 4 is 0 Å². The van der Waals surface area contributed by atoms with Gasteiger partial charge in [-0.3, -0.25) is 0 Å². The van der Waals surface area contributed by atoms with Crippen molar-refractivity contribution in [2.75, 3.05) is 19.8 Å². The minimum Gasteiger partial charge on any atom is -0.394 e. The zero-order chi connectivity index (χ0) is 18.3. The van der Waals surface area contributed by atoms with Crippen molar-refractivity contribution in [1.82, 2.24) is 0 Å². The standard InChI is InChI=1S/C20H38O5/c1-2-3-4-5-6-7-8-9-10-11-12-13-14-24-18-16-25-20(19(18)23)17(22)15-21/h8-9,17-23H,2-7,10-16H2,1H3/b9-8+/t17-,18+,19-,20-/m0/s1. The van der Waals surface area contributed by atoms with E-state index in [1.54, 1.807) is 0 Å². The van der Waals surface area contributed by atoms with E-state index in [1.165, 1.54) is 38.5 Å². The zero-order valence-corrected chi connectivity index (χ0v) is 15.8. The van der Waals surface area contributed by atoms with Crippen molar-refractivity contribution in [3.05, 3.63) is 12.2 Å². The van der Waals surface area contributed by atoms with E-state index in [0.717, 1.165) is 25.7 Å². The van der Waals surface area contributed by atoms with Crippen LogP contribution in [-0.2, 0) is 9.47 Å². The van der Waals surface area contributed by atoms with Crippen LogP contribution < -0.4 is 0 Å². The first-order valence-corrected chi connectivity index (χ1v) is 10.1. The third kappa shape index (κ3) is 9.71. The van der Waals surface area contributed by atoms with Gasteiger partial charge < -0.3 is 24.8 Å². The Morgan fingerprint density at radius 1 is 1.04 bits per heavy atom. The topological polar surface area (TPSA) is 79.2 Å². The molecular weight excluding hydrogens is 320 g/mol. The molecule has 5 nitrogen and oxygen atoms in total. The van der Waals surface area contributed by atoms with Crippen molar-refractivity contribution in [3.8, 4) is 0 Å². The number of allylic oxidation sites excluding steroid dienone is 2. The Bertz CT molecular complexity index is 334. The molecule has 0 aromatic heterocycles. The Balaban J connectivity index is 1.92. The van der Waals surface area contributed by atoms with Crippen LogP contribution in [0.4, 0.5) is 0 Å². The summed E-state index contributed by atoms with van der Waals surface area (Å²) in [6.45, 7) is 2.69. The van der Waals surface area contributed by atoms with Crippen molar-refractivity contribution in [3.63, 3.8) is 0 Å². The summed E-state index contributed by atoms with van der Waals surface area (Å²) in [6, 6.07) is 0. The van der Waals surface area contributed by atoms with Crippen LogP contribution in [0, 0.1) is 0 Å². The monoisotopic (exact) mass is 358 g/mol.